The maximum atomic E-state index is 11.6. The molecule has 3 aromatic rings. The van der Waals surface area contributed by atoms with Gasteiger partial charge in [-0.1, -0.05) is 36.4 Å². The standard InChI is InChI=1S/C14H10N4O3/c19-13-8-9-17(14(20)21)18(13)16-15-12-7-3-5-10-4-1-2-6-11(10)12/h1-9H,(H,20,21). The predicted octanol–water partition coefficient (Wildman–Crippen LogP) is 2.88. The first-order valence-corrected chi connectivity index (χ1v) is 6.10. The normalized spacial score (nSPS) is 11.2. The van der Waals surface area contributed by atoms with Crippen molar-refractivity contribution in [1.82, 2.24) is 9.47 Å². The Bertz CT molecular complexity index is 902. The highest BCUT2D eigenvalue weighted by Crippen LogP contribution is 2.25. The van der Waals surface area contributed by atoms with Gasteiger partial charge in [0.15, 0.2) is 0 Å². The van der Waals surface area contributed by atoms with E-state index in [1.807, 2.05) is 36.4 Å². The smallest absolute Gasteiger partial charge is 0.432 e. The van der Waals surface area contributed by atoms with E-state index in [1.54, 1.807) is 6.07 Å². The van der Waals surface area contributed by atoms with Crippen LogP contribution in [0.5, 0.6) is 0 Å². The average molecular weight is 282 g/mol. The van der Waals surface area contributed by atoms with Crippen LogP contribution in [0.15, 0.2) is 69.9 Å². The van der Waals surface area contributed by atoms with E-state index in [0.29, 0.717) is 15.2 Å². The van der Waals surface area contributed by atoms with Gasteiger partial charge in [-0.15, -0.1) is 9.91 Å². The minimum atomic E-state index is -1.31. The second-order valence-electron chi connectivity index (χ2n) is 4.26. The van der Waals surface area contributed by atoms with Crippen LogP contribution in [0.1, 0.15) is 0 Å². The van der Waals surface area contributed by atoms with Crippen molar-refractivity contribution in [2.24, 2.45) is 10.3 Å². The fourth-order valence-electron chi connectivity index (χ4n) is 1.99. The van der Waals surface area contributed by atoms with Crippen molar-refractivity contribution in [3.05, 3.63) is 65.1 Å². The summed E-state index contributed by atoms with van der Waals surface area (Å²) in [6.07, 6.45) is -0.193. The van der Waals surface area contributed by atoms with Crippen LogP contribution in [0, 0.1) is 0 Å². The van der Waals surface area contributed by atoms with Gasteiger partial charge in [-0.05, 0) is 16.7 Å². The molecule has 0 atom stereocenters. The summed E-state index contributed by atoms with van der Waals surface area (Å²) in [7, 11) is 0. The number of aromatic nitrogens is 2. The Labute approximate surface area is 118 Å². The summed E-state index contributed by atoms with van der Waals surface area (Å²) >= 11 is 0. The minimum absolute atomic E-state index is 0.554. The molecule has 0 aliphatic heterocycles. The molecule has 7 nitrogen and oxygen atoms in total. The lowest BCUT2D eigenvalue weighted by molar-refractivity contribution is 0.188. The molecule has 2 aromatic carbocycles. The van der Waals surface area contributed by atoms with Crippen molar-refractivity contribution in [3.8, 4) is 0 Å². The molecule has 0 unspecified atom stereocenters. The number of fused-ring (bicyclic) bond motifs is 1. The second kappa shape index (κ2) is 5.04. The first-order valence-electron chi connectivity index (χ1n) is 6.10. The largest absolute Gasteiger partial charge is 0.463 e. The van der Waals surface area contributed by atoms with Gasteiger partial charge in [0, 0.05) is 17.6 Å². The Balaban J connectivity index is 2.09. The van der Waals surface area contributed by atoms with Crippen LogP contribution >= 0.6 is 0 Å². The van der Waals surface area contributed by atoms with Crippen LogP contribution < -0.4 is 5.56 Å². The molecule has 0 amide bonds. The van der Waals surface area contributed by atoms with E-state index < -0.39 is 11.7 Å². The topological polar surface area (TPSA) is 88.9 Å². The molecular formula is C14H10N4O3. The summed E-state index contributed by atoms with van der Waals surface area (Å²) in [6.45, 7) is 0. The molecule has 0 saturated heterocycles. The zero-order chi connectivity index (χ0) is 14.8. The number of nitrogens with zero attached hydrogens (tertiary/aromatic N) is 4. The number of hydrogen-bond acceptors (Lipinski definition) is 4. The molecule has 3 rings (SSSR count). The Kier molecular flexibility index (Phi) is 3.07. The predicted molar refractivity (Wildman–Crippen MR) is 76.0 cm³/mol. The summed E-state index contributed by atoms with van der Waals surface area (Å²) in [5, 5.41) is 18.5. The number of rotatable bonds is 2. The molecule has 0 radical (unpaired) electrons. The lowest BCUT2D eigenvalue weighted by Crippen LogP contribution is -2.22. The highest BCUT2D eigenvalue weighted by atomic mass is 16.4. The van der Waals surface area contributed by atoms with Crippen molar-refractivity contribution in [2.75, 3.05) is 0 Å². The van der Waals surface area contributed by atoms with Gasteiger partial charge in [-0.3, -0.25) is 4.79 Å². The Morgan fingerprint density at radius 3 is 2.62 bits per heavy atom. The van der Waals surface area contributed by atoms with Gasteiger partial charge in [-0.2, -0.15) is 4.68 Å². The minimum Gasteiger partial charge on any atom is -0.463 e. The van der Waals surface area contributed by atoms with Gasteiger partial charge >= 0.3 is 6.09 Å². The lowest BCUT2D eigenvalue weighted by atomic mass is 10.1. The first kappa shape index (κ1) is 12.8. The highest BCUT2D eigenvalue weighted by molar-refractivity contribution is 5.92. The Morgan fingerprint density at radius 1 is 1.05 bits per heavy atom. The Morgan fingerprint density at radius 2 is 1.81 bits per heavy atom. The molecule has 1 aromatic heterocycles. The van der Waals surface area contributed by atoms with Crippen LogP contribution in [0.2, 0.25) is 0 Å². The van der Waals surface area contributed by atoms with E-state index in [0.717, 1.165) is 23.0 Å². The lowest BCUT2D eigenvalue weighted by Gasteiger charge is -2.01. The molecule has 1 heterocycles. The quantitative estimate of drug-likeness (QED) is 0.733. The second-order valence-corrected chi connectivity index (χ2v) is 4.26. The van der Waals surface area contributed by atoms with Crippen molar-refractivity contribution in [2.45, 2.75) is 0 Å². The molecule has 21 heavy (non-hydrogen) atoms. The van der Waals surface area contributed by atoms with Gasteiger partial charge in [0.25, 0.3) is 5.56 Å². The monoisotopic (exact) mass is 282 g/mol. The molecule has 0 bridgehead atoms. The fourth-order valence-corrected chi connectivity index (χ4v) is 1.99. The van der Waals surface area contributed by atoms with E-state index >= 15 is 0 Å². The van der Waals surface area contributed by atoms with Crippen molar-refractivity contribution < 1.29 is 9.90 Å². The molecule has 0 spiro atoms. The van der Waals surface area contributed by atoms with Gasteiger partial charge in [0.05, 0.1) is 5.69 Å². The Hall–Kier alpha value is -3.22. The number of carbonyl (C=O) groups is 1. The summed E-state index contributed by atoms with van der Waals surface area (Å²) in [5.74, 6) is 0. The number of hydrogen-bond donors (Lipinski definition) is 1. The molecule has 1 N–H and O–H groups in total. The van der Waals surface area contributed by atoms with E-state index in [-0.39, 0.29) is 0 Å². The molecule has 0 saturated carbocycles. The average Bonchev–Trinajstić information content (AvgIpc) is 2.86. The molecule has 104 valence electrons. The van der Waals surface area contributed by atoms with Crippen LogP contribution in [0.25, 0.3) is 10.8 Å². The van der Waals surface area contributed by atoms with Gasteiger partial charge < -0.3 is 5.11 Å². The third kappa shape index (κ3) is 2.32. The number of benzene rings is 2. The van der Waals surface area contributed by atoms with E-state index in [9.17, 15) is 9.59 Å². The molecule has 0 aliphatic rings. The van der Waals surface area contributed by atoms with Crippen molar-refractivity contribution in [3.63, 3.8) is 0 Å². The zero-order valence-electron chi connectivity index (χ0n) is 10.7. The summed E-state index contributed by atoms with van der Waals surface area (Å²) in [4.78, 5) is 23.2. The highest BCUT2D eigenvalue weighted by Gasteiger charge is 2.08. The van der Waals surface area contributed by atoms with Crippen molar-refractivity contribution >= 4 is 22.6 Å². The van der Waals surface area contributed by atoms with E-state index in [1.165, 1.54) is 0 Å². The van der Waals surface area contributed by atoms with Crippen LogP contribution in [-0.4, -0.2) is 20.7 Å². The maximum Gasteiger partial charge on any atom is 0.432 e. The third-order valence-electron chi connectivity index (χ3n) is 2.96. The SMILES string of the molecule is O=C(O)n1ccc(=O)n1N=Nc1cccc2ccccc12. The zero-order valence-corrected chi connectivity index (χ0v) is 10.7. The van der Waals surface area contributed by atoms with E-state index in [2.05, 4.69) is 10.3 Å². The molecule has 0 aliphatic carbocycles. The van der Waals surface area contributed by atoms with Crippen LogP contribution in [0.3, 0.4) is 0 Å². The summed E-state index contributed by atoms with van der Waals surface area (Å²) in [6, 6.07) is 14.2. The summed E-state index contributed by atoms with van der Waals surface area (Å²) < 4.78 is 0.664. The van der Waals surface area contributed by atoms with Crippen LogP contribution in [0.4, 0.5) is 10.5 Å². The number of carboxylic acid groups (broad SMARTS) is 1. The van der Waals surface area contributed by atoms with Gasteiger partial charge in [-0.25, -0.2) is 4.79 Å². The van der Waals surface area contributed by atoms with E-state index in [4.69, 9.17) is 5.11 Å². The molecule has 7 heteroatoms. The third-order valence-corrected chi connectivity index (χ3v) is 2.96. The summed E-state index contributed by atoms with van der Waals surface area (Å²) in [5.41, 5.74) is -0.0143. The molecular weight excluding hydrogens is 272 g/mol. The van der Waals surface area contributed by atoms with Gasteiger partial charge in [0.1, 0.15) is 0 Å². The van der Waals surface area contributed by atoms with Crippen molar-refractivity contribution in [1.29, 1.82) is 0 Å². The molecule has 0 fully saturated rings. The first-order chi connectivity index (χ1) is 10.2. The maximum absolute atomic E-state index is 11.6. The van der Waals surface area contributed by atoms with Gasteiger partial charge in [0.2, 0.25) is 0 Å². The fraction of sp³-hybridized carbons (Fsp3) is 0. The van der Waals surface area contributed by atoms with Crippen LogP contribution in [-0.2, 0) is 0 Å².